The van der Waals surface area contributed by atoms with Gasteiger partial charge in [-0.3, -0.25) is 0 Å². The highest BCUT2D eigenvalue weighted by Gasteiger charge is 2.49. The van der Waals surface area contributed by atoms with E-state index in [-0.39, 0.29) is 11.0 Å². The SMILES string of the molecule is CCCC(C)C1(C(N)(CCOC)CCOC)C=CC=[C]C1. The predicted molar refractivity (Wildman–Crippen MR) is 88.0 cm³/mol. The summed E-state index contributed by atoms with van der Waals surface area (Å²) < 4.78 is 10.6. The summed E-state index contributed by atoms with van der Waals surface area (Å²) in [5.41, 5.74) is 6.56. The lowest BCUT2D eigenvalue weighted by molar-refractivity contribution is 0.0364. The van der Waals surface area contributed by atoms with E-state index in [1.807, 2.05) is 6.08 Å². The lowest BCUT2D eigenvalue weighted by Gasteiger charge is -2.51. The average molecular weight is 294 g/mol. The van der Waals surface area contributed by atoms with Gasteiger partial charge in [-0.05, 0) is 31.3 Å². The number of ether oxygens (including phenoxy) is 2. The Kier molecular flexibility index (Phi) is 7.64. The lowest BCUT2D eigenvalue weighted by atomic mass is 9.57. The van der Waals surface area contributed by atoms with Crippen LogP contribution in [0.15, 0.2) is 18.2 Å². The molecule has 0 saturated carbocycles. The van der Waals surface area contributed by atoms with Crippen LogP contribution in [0, 0.1) is 17.4 Å². The van der Waals surface area contributed by atoms with Crippen molar-refractivity contribution in [2.24, 2.45) is 17.1 Å². The molecule has 0 heterocycles. The predicted octanol–water partition coefficient (Wildman–Crippen LogP) is 3.50. The van der Waals surface area contributed by atoms with Crippen LogP contribution < -0.4 is 5.73 Å². The maximum absolute atomic E-state index is 6.95. The van der Waals surface area contributed by atoms with Gasteiger partial charge in [0.25, 0.3) is 0 Å². The number of methoxy groups -OCH3 is 2. The summed E-state index contributed by atoms with van der Waals surface area (Å²) in [4.78, 5) is 0. The van der Waals surface area contributed by atoms with E-state index in [0.717, 1.165) is 19.3 Å². The molecular formula is C18H32NO2. The molecule has 0 saturated heterocycles. The van der Waals surface area contributed by atoms with Crippen LogP contribution in [-0.4, -0.2) is 33.0 Å². The minimum atomic E-state index is -0.328. The summed E-state index contributed by atoms with van der Waals surface area (Å²) in [6, 6.07) is 0. The van der Waals surface area contributed by atoms with Crippen LogP contribution in [0.5, 0.6) is 0 Å². The Morgan fingerprint density at radius 3 is 2.33 bits per heavy atom. The molecule has 0 spiro atoms. The quantitative estimate of drug-likeness (QED) is 0.670. The van der Waals surface area contributed by atoms with Gasteiger partial charge in [-0.1, -0.05) is 44.9 Å². The van der Waals surface area contributed by atoms with Gasteiger partial charge in [0.05, 0.1) is 0 Å². The molecule has 1 aliphatic rings. The maximum Gasteiger partial charge on any atom is 0.0480 e. The van der Waals surface area contributed by atoms with Crippen molar-refractivity contribution in [2.75, 3.05) is 27.4 Å². The summed E-state index contributed by atoms with van der Waals surface area (Å²) in [5, 5.41) is 0. The summed E-state index contributed by atoms with van der Waals surface area (Å²) in [6.45, 7) is 5.91. The molecule has 0 aliphatic heterocycles. The maximum atomic E-state index is 6.95. The first-order valence-electron chi connectivity index (χ1n) is 8.07. The van der Waals surface area contributed by atoms with Gasteiger partial charge in [-0.2, -0.15) is 0 Å². The van der Waals surface area contributed by atoms with Crippen molar-refractivity contribution in [2.45, 2.75) is 51.5 Å². The van der Waals surface area contributed by atoms with Crippen LogP contribution >= 0.6 is 0 Å². The smallest absolute Gasteiger partial charge is 0.0480 e. The molecule has 121 valence electrons. The van der Waals surface area contributed by atoms with E-state index in [0.29, 0.717) is 19.1 Å². The summed E-state index contributed by atoms with van der Waals surface area (Å²) in [7, 11) is 3.48. The molecule has 1 aliphatic carbocycles. The van der Waals surface area contributed by atoms with E-state index >= 15 is 0 Å². The van der Waals surface area contributed by atoms with Crippen LogP contribution in [0.4, 0.5) is 0 Å². The van der Waals surface area contributed by atoms with Crippen molar-refractivity contribution in [1.82, 2.24) is 0 Å². The van der Waals surface area contributed by atoms with E-state index < -0.39 is 0 Å². The van der Waals surface area contributed by atoms with Gasteiger partial charge in [0.1, 0.15) is 0 Å². The number of hydrogen-bond donors (Lipinski definition) is 1. The Morgan fingerprint density at radius 1 is 1.29 bits per heavy atom. The molecule has 0 aromatic rings. The lowest BCUT2D eigenvalue weighted by Crippen LogP contribution is -2.59. The van der Waals surface area contributed by atoms with Crippen molar-refractivity contribution in [3.63, 3.8) is 0 Å². The minimum Gasteiger partial charge on any atom is -0.385 e. The molecule has 0 fully saturated rings. The monoisotopic (exact) mass is 294 g/mol. The first-order valence-corrected chi connectivity index (χ1v) is 8.07. The molecule has 0 amide bonds. The fourth-order valence-electron chi connectivity index (χ4n) is 3.60. The molecule has 1 rings (SSSR count). The van der Waals surface area contributed by atoms with Crippen molar-refractivity contribution in [3.05, 3.63) is 24.3 Å². The van der Waals surface area contributed by atoms with Crippen LogP contribution in [-0.2, 0) is 9.47 Å². The molecule has 21 heavy (non-hydrogen) atoms. The molecule has 1 radical (unpaired) electrons. The number of allylic oxidation sites excluding steroid dienone is 3. The minimum absolute atomic E-state index is 0.0607. The van der Waals surface area contributed by atoms with Gasteiger partial charge in [0.2, 0.25) is 0 Å². The van der Waals surface area contributed by atoms with E-state index in [9.17, 15) is 0 Å². The Hall–Kier alpha value is -0.640. The van der Waals surface area contributed by atoms with Crippen LogP contribution in [0.3, 0.4) is 0 Å². The largest absolute Gasteiger partial charge is 0.385 e. The Balaban J connectivity index is 3.10. The van der Waals surface area contributed by atoms with Crippen molar-refractivity contribution < 1.29 is 9.47 Å². The Labute approximate surface area is 130 Å². The highest BCUT2D eigenvalue weighted by atomic mass is 16.5. The van der Waals surface area contributed by atoms with E-state index in [4.69, 9.17) is 15.2 Å². The van der Waals surface area contributed by atoms with Gasteiger partial charge in [-0.25, -0.2) is 0 Å². The van der Waals surface area contributed by atoms with Crippen LogP contribution in [0.1, 0.15) is 46.0 Å². The zero-order valence-corrected chi connectivity index (χ0v) is 14.2. The van der Waals surface area contributed by atoms with Gasteiger partial charge in [0.15, 0.2) is 0 Å². The molecule has 2 unspecified atom stereocenters. The molecule has 0 aromatic carbocycles. The summed E-state index contributed by atoms with van der Waals surface area (Å²) >= 11 is 0. The van der Waals surface area contributed by atoms with Gasteiger partial charge >= 0.3 is 0 Å². The first-order chi connectivity index (χ1) is 10.1. The fourth-order valence-corrected chi connectivity index (χ4v) is 3.60. The van der Waals surface area contributed by atoms with E-state index in [1.54, 1.807) is 14.2 Å². The fraction of sp³-hybridized carbons (Fsp3) is 0.778. The second-order valence-electron chi connectivity index (χ2n) is 6.28. The zero-order chi connectivity index (χ0) is 15.8. The summed E-state index contributed by atoms with van der Waals surface area (Å²) in [5.74, 6) is 0.513. The number of hydrogen-bond acceptors (Lipinski definition) is 3. The first kappa shape index (κ1) is 18.4. The molecule has 2 atom stereocenters. The highest BCUT2D eigenvalue weighted by Crippen LogP contribution is 2.49. The Morgan fingerprint density at radius 2 is 1.90 bits per heavy atom. The molecular weight excluding hydrogens is 262 g/mol. The molecule has 0 aromatic heterocycles. The van der Waals surface area contributed by atoms with Gasteiger partial charge in [-0.15, -0.1) is 0 Å². The number of nitrogens with two attached hydrogens (primary N) is 1. The van der Waals surface area contributed by atoms with Gasteiger partial charge < -0.3 is 15.2 Å². The summed E-state index contributed by atoms with van der Waals surface area (Å²) in [6.07, 6.45) is 14.7. The van der Waals surface area contributed by atoms with Crippen molar-refractivity contribution in [1.29, 1.82) is 0 Å². The van der Waals surface area contributed by atoms with E-state index in [1.165, 1.54) is 12.8 Å². The third kappa shape index (κ3) is 4.18. The second-order valence-corrected chi connectivity index (χ2v) is 6.28. The normalized spacial score (nSPS) is 23.5. The second kappa shape index (κ2) is 8.72. The molecule has 0 bridgehead atoms. The topological polar surface area (TPSA) is 44.5 Å². The third-order valence-electron chi connectivity index (χ3n) is 5.03. The molecule has 3 nitrogen and oxygen atoms in total. The Bertz CT molecular complexity index is 343. The molecule has 3 heteroatoms. The van der Waals surface area contributed by atoms with Gasteiger partial charge in [0, 0.05) is 38.4 Å². The third-order valence-corrected chi connectivity index (χ3v) is 5.03. The molecule has 2 N–H and O–H groups in total. The average Bonchev–Trinajstić information content (AvgIpc) is 2.51. The van der Waals surface area contributed by atoms with E-state index in [2.05, 4.69) is 32.1 Å². The standard InChI is InChI=1S/C18H32NO2/c1-5-9-16(2)17(10-7-6-8-11-17)18(19,12-14-20-3)13-15-21-4/h6-7,10,16H,5,9,11-15,19H2,1-4H3. The van der Waals surface area contributed by atoms with Crippen molar-refractivity contribution >= 4 is 0 Å². The number of rotatable bonds is 10. The zero-order valence-electron chi connectivity index (χ0n) is 14.2. The van der Waals surface area contributed by atoms with Crippen LogP contribution in [0.2, 0.25) is 0 Å². The highest BCUT2D eigenvalue weighted by molar-refractivity contribution is 5.22. The van der Waals surface area contributed by atoms with Crippen LogP contribution in [0.25, 0.3) is 0 Å². The van der Waals surface area contributed by atoms with Crippen molar-refractivity contribution in [3.8, 4) is 0 Å².